The van der Waals surface area contributed by atoms with Gasteiger partial charge in [-0.2, -0.15) is 0 Å². The van der Waals surface area contributed by atoms with Crippen molar-refractivity contribution in [3.05, 3.63) is 111 Å². The van der Waals surface area contributed by atoms with Crippen LogP contribution < -0.4 is 16.5 Å². The highest BCUT2D eigenvalue weighted by molar-refractivity contribution is 6.35. The molecule has 0 saturated heterocycles. The molecule has 0 heterocycles. The number of carbonyl (C=O) groups excluding carboxylic acids is 2. The maximum atomic E-state index is 12.9. The zero-order valence-electron chi connectivity index (χ0n) is 19.7. The Hall–Kier alpha value is -3.88. The number of rotatable bonds is 7. The molecule has 37 heavy (non-hydrogen) atoms. The van der Waals surface area contributed by atoms with Crippen molar-refractivity contribution in [1.29, 1.82) is 0 Å². The average Bonchev–Trinajstić information content (AvgIpc) is 2.90. The predicted octanol–water partition coefficient (Wildman–Crippen LogP) is 6.13. The number of amides is 2. The van der Waals surface area contributed by atoms with Crippen molar-refractivity contribution in [2.45, 2.75) is 13.2 Å². The van der Waals surface area contributed by atoms with Gasteiger partial charge in [-0.25, -0.2) is 5.90 Å². The lowest BCUT2D eigenvalue weighted by Gasteiger charge is -2.17. The summed E-state index contributed by atoms with van der Waals surface area (Å²) in [4.78, 5) is 30.1. The fourth-order valence-electron chi connectivity index (χ4n) is 3.73. The van der Waals surface area contributed by atoms with Gasteiger partial charge >= 0.3 is 0 Å². The fourth-order valence-corrected chi connectivity index (χ4v) is 4.07. The summed E-state index contributed by atoms with van der Waals surface area (Å²) in [5.74, 6) is 4.92. The van der Waals surface area contributed by atoms with Gasteiger partial charge in [-0.05, 0) is 71.3 Å². The first-order chi connectivity index (χ1) is 17.7. The van der Waals surface area contributed by atoms with E-state index in [1.54, 1.807) is 78.9 Å². The van der Waals surface area contributed by atoms with Crippen LogP contribution in [0.25, 0.3) is 16.8 Å². The smallest absolute Gasteiger partial charge is 0.253 e. The number of hydrogen-bond donors (Lipinski definition) is 4. The van der Waals surface area contributed by atoms with E-state index in [1.807, 2.05) is 6.92 Å². The summed E-state index contributed by atoms with van der Waals surface area (Å²) in [6, 6.07) is 20.3. The quantitative estimate of drug-likeness (QED) is 0.129. The second-order valence-electron chi connectivity index (χ2n) is 8.25. The number of carbonyl (C=O) groups is 2. The number of aryl methyl sites for hydroxylation is 1. The molecule has 188 valence electrons. The Kier molecular flexibility index (Phi) is 8.11. The number of phenols is 1. The number of nitrogens with one attached hydrogen (secondary N) is 2. The Bertz CT molecular complexity index is 1500. The molecular weight excluding hydrogens is 513 g/mol. The van der Waals surface area contributed by atoms with Gasteiger partial charge in [0.05, 0.1) is 10.7 Å². The lowest BCUT2D eigenvalue weighted by molar-refractivity contribution is -0.111. The van der Waals surface area contributed by atoms with Gasteiger partial charge in [-0.15, -0.1) is 0 Å². The van der Waals surface area contributed by atoms with Crippen molar-refractivity contribution in [3.63, 3.8) is 0 Å². The minimum Gasteiger partial charge on any atom is -0.508 e. The molecule has 0 radical (unpaired) electrons. The Morgan fingerprint density at radius 2 is 1.76 bits per heavy atom. The van der Waals surface area contributed by atoms with E-state index in [9.17, 15) is 14.7 Å². The Balaban J connectivity index is 1.41. The second-order valence-corrected chi connectivity index (χ2v) is 9.09. The van der Waals surface area contributed by atoms with Crippen molar-refractivity contribution in [2.24, 2.45) is 5.90 Å². The lowest BCUT2D eigenvalue weighted by Crippen LogP contribution is -2.32. The summed E-state index contributed by atoms with van der Waals surface area (Å²) in [7, 11) is 0. The molecule has 2 amide bonds. The number of fused-ring (bicyclic) bond motifs is 1. The number of halogens is 2. The van der Waals surface area contributed by atoms with E-state index < -0.39 is 6.23 Å². The van der Waals surface area contributed by atoms with E-state index >= 15 is 0 Å². The van der Waals surface area contributed by atoms with Crippen LogP contribution >= 0.6 is 23.2 Å². The first-order valence-electron chi connectivity index (χ1n) is 11.2. The molecule has 0 bridgehead atoms. The van der Waals surface area contributed by atoms with Crippen LogP contribution in [0.15, 0.2) is 78.9 Å². The summed E-state index contributed by atoms with van der Waals surface area (Å²) in [5, 5.41) is 17.8. The molecule has 9 heteroatoms. The maximum absolute atomic E-state index is 12.9. The molecule has 4 rings (SSSR count). The van der Waals surface area contributed by atoms with Crippen molar-refractivity contribution >= 4 is 57.6 Å². The molecule has 0 aromatic heterocycles. The summed E-state index contributed by atoms with van der Waals surface area (Å²) >= 11 is 12.0. The summed E-state index contributed by atoms with van der Waals surface area (Å²) in [6.45, 7) is 1.82. The van der Waals surface area contributed by atoms with Crippen LogP contribution in [-0.2, 0) is 9.63 Å². The highest BCUT2D eigenvalue weighted by Crippen LogP contribution is 2.27. The first kappa shape index (κ1) is 26.2. The van der Waals surface area contributed by atoms with E-state index in [4.69, 9.17) is 33.9 Å². The SMILES string of the molecule is Cc1c(O)ccc2cc(C(=O)NC(ON)c3ccc(C=CC(=O)Nc4cc(Cl)ccc4Cl)cc3)ccc12. The van der Waals surface area contributed by atoms with Crippen molar-refractivity contribution in [1.82, 2.24) is 5.32 Å². The van der Waals surface area contributed by atoms with E-state index in [0.717, 1.165) is 21.9 Å². The topological polar surface area (TPSA) is 114 Å². The summed E-state index contributed by atoms with van der Waals surface area (Å²) in [5.41, 5.74) is 2.94. The normalized spacial score (nSPS) is 12.0. The van der Waals surface area contributed by atoms with Crippen LogP contribution in [-0.4, -0.2) is 16.9 Å². The predicted molar refractivity (Wildman–Crippen MR) is 146 cm³/mol. The third-order valence-electron chi connectivity index (χ3n) is 5.77. The van der Waals surface area contributed by atoms with Crippen LogP contribution in [0.4, 0.5) is 5.69 Å². The fraction of sp³-hybridized carbons (Fsp3) is 0.0714. The monoisotopic (exact) mass is 535 g/mol. The van der Waals surface area contributed by atoms with Gasteiger partial charge in [0.25, 0.3) is 5.91 Å². The van der Waals surface area contributed by atoms with Crippen molar-refractivity contribution in [3.8, 4) is 5.75 Å². The van der Waals surface area contributed by atoms with E-state index in [0.29, 0.717) is 26.9 Å². The minimum absolute atomic E-state index is 0.200. The molecule has 1 atom stereocenters. The minimum atomic E-state index is -0.893. The zero-order valence-corrected chi connectivity index (χ0v) is 21.2. The molecular formula is C28H23Cl2N3O4. The number of benzene rings is 4. The van der Waals surface area contributed by atoms with Gasteiger partial charge in [-0.3, -0.25) is 14.4 Å². The van der Waals surface area contributed by atoms with E-state index in [-0.39, 0.29) is 17.6 Å². The summed E-state index contributed by atoms with van der Waals surface area (Å²) in [6.07, 6.45) is 2.10. The number of aromatic hydroxyl groups is 1. The Morgan fingerprint density at radius 3 is 2.49 bits per heavy atom. The molecule has 0 fully saturated rings. The molecule has 0 saturated carbocycles. The largest absolute Gasteiger partial charge is 0.508 e. The molecule has 0 aliphatic carbocycles. The third kappa shape index (κ3) is 6.28. The zero-order chi connectivity index (χ0) is 26.5. The molecule has 0 aliphatic rings. The Labute approximate surface area is 223 Å². The van der Waals surface area contributed by atoms with E-state index in [2.05, 4.69) is 10.6 Å². The van der Waals surface area contributed by atoms with Gasteiger partial charge in [0.2, 0.25) is 5.91 Å². The second kappa shape index (κ2) is 11.5. The van der Waals surface area contributed by atoms with Crippen LogP contribution in [0.5, 0.6) is 5.75 Å². The number of hydrogen-bond acceptors (Lipinski definition) is 5. The molecule has 5 N–H and O–H groups in total. The van der Waals surface area contributed by atoms with Gasteiger partial charge in [0.1, 0.15) is 5.75 Å². The van der Waals surface area contributed by atoms with Crippen molar-refractivity contribution < 1.29 is 19.5 Å². The molecule has 0 aliphatic heterocycles. The van der Waals surface area contributed by atoms with Gasteiger partial charge in [-0.1, -0.05) is 59.6 Å². The van der Waals surface area contributed by atoms with Gasteiger partial charge in [0.15, 0.2) is 6.23 Å². The molecule has 1 unspecified atom stereocenters. The molecule has 4 aromatic rings. The molecule has 0 spiro atoms. The Morgan fingerprint density at radius 1 is 1.00 bits per heavy atom. The van der Waals surface area contributed by atoms with Gasteiger partial charge in [0, 0.05) is 22.2 Å². The lowest BCUT2D eigenvalue weighted by atomic mass is 10.0. The van der Waals surface area contributed by atoms with E-state index in [1.165, 1.54) is 6.08 Å². The highest BCUT2D eigenvalue weighted by Gasteiger charge is 2.16. The maximum Gasteiger partial charge on any atom is 0.253 e. The third-order valence-corrected chi connectivity index (χ3v) is 6.34. The highest BCUT2D eigenvalue weighted by atomic mass is 35.5. The van der Waals surface area contributed by atoms with Gasteiger partial charge < -0.3 is 15.7 Å². The van der Waals surface area contributed by atoms with Crippen molar-refractivity contribution in [2.75, 3.05) is 5.32 Å². The van der Waals surface area contributed by atoms with Crippen LogP contribution in [0, 0.1) is 6.92 Å². The van der Waals surface area contributed by atoms with Crippen LogP contribution in [0.2, 0.25) is 10.0 Å². The average molecular weight is 536 g/mol. The molecule has 4 aromatic carbocycles. The van der Waals surface area contributed by atoms with Crippen LogP contribution in [0.1, 0.15) is 33.3 Å². The number of nitrogens with two attached hydrogens (primary N) is 1. The summed E-state index contributed by atoms with van der Waals surface area (Å²) < 4.78 is 0. The van der Waals surface area contributed by atoms with Crippen LogP contribution in [0.3, 0.4) is 0 Å². The number of phenolic OH excluding ortho intramolecular Hbond substituents is 1. The number of anilines is 1. The first-order valence-corrected chi connectivity index (χ1v) is 11.9. The standard InChI is InChI=1S/C28H23Cl2N3O4/c1-16-22-10-7-20(14-19(22)8-12-25(16)34)27(36)33-28(37-31)18-5-2-17(3-6-18)4-13-26(35)32-24-15-21(29)9-11-23(24)30/h2-15,28,34H,31H2,1H3,(H,32,35)(H,33,36). The molecule has 7 nitrogen and oxygen atoms in total.